The number of hydrogen-bond acceptors (Lipinski definition) is 4. The van der Waals surface area contributed by atoms with Crippen molar-refractivity contribution in [3.8, 4) is 6.07 Å². The molecule has 2 aromatic rings. The number of carbonyl (C=O) groups excluding carboxylic acids is 1. The number of nitrogens with one attached hydrogen (secondary N) is 1. The highest BCUT2D eigenvalue weighted by Crippen LogP contribution is 2.02. The summed E-state index contributed by atoms with van der Waals surface area (Å²) < 4.78 is 14.7. The Balaban J connectivity index is 2.19. The van der Waals surface area contributed by atoms with Gasteiger partial charge in [-0.3, -0.25) is 14.2 Å². The standard InChI is InChI=1S/C16H15FN4O3/c1-10-13(7-18)15(23)21(16(24)20(10)2)9-14(22)19-8-11-3-5-12(17)6-4-11/h3-6H,8-9H2,1-2H3,(H,19,22). The predicted octanol–water partition coefficient (Wildman–Crippen LogP) is 0.183. The average Bonchev–Trinajstić information content (AvgIpc) is 2.57. The van der Waals surface area contributed by atoms with Gasteiger partial charge in [0.15, 0.2) is 0 Å². The second kappa shape index (κ2) is 6.91. The molecule has 0 bridgehead atoms. The number of rotatable bonds is 4. The van der Waals surface area contributed by atoms with Crippen LogP contribution in [0.2, 0.25) is 0 Å². The smallest absolute Gasteiger partial charge is 0.331 e. The van der Waals surface area contributed by atoms with Crippen LogP contribution in [0.25, 0.3) is 0 Å². The molecule has 0 aliphatic carbocycles. The van der Waals surface area contributed by atoms with Gasteiger partial charge in [0.2, 0.25) is 5.91 Å². The lowest BCUT2D eigenvalue weighted by molar-refractivity contribution is -0.121. The molecule has 2 rings (SSSR count). The first-order chi connectivity index (χ1) is 11.3. The van der Waals surface area contributed by atoms with Crippen molar-refractivity contribution in [3.05, 3.63) is 67.7 Å². The Kier molecular flexibility index (Phi) is 4.94. The van der Waals surface area contributed by atoms with E-state index in [9.17, 15) is 18.8 Å². The van der Waals surface area contributed by atoms with Crippen molar-refractivity contribution in [1.29, 1.82) is 5.26 Å². The van der Waals surface area contributed by atoms with E-state index < -0.39 is 23.7 Å². The summed E-state index contributed by atoms with van der Waals surface area (Å²) in [6.07, 6.45) is 0. The third kappa shape index (κ3) is 3.41. The van der Waals surface area contributed by atoms with Gasteiger partial charge in [-0.1, -0.05) is 12.1 Å². The lowest BCUT2D eigenvalue weighted by Gasteiger charge is -2.11. The molecule has 24 heavy (non-hydrogen) atoms. The van der Waals surface area contributed by atoms with E-state index in [0.717, 1.165) is 4.57 Å². The van der Waals surface area contributed by atoms with Crippen LogP contribution < -0.4 is 16.6 Å². The van der Waals surface area contributed by atoms with Gasteiger partial charge in [0, 0.05) is 19.3 Å². The molecule has 0 spiro atoms. The van der Waals surface area contributed by atoms with Gasteiger partial charge < -0.3 is 5.32 Å². The van der Waals surface area contributed by atoms with E-state index in [4.69, 9.17) is 5.26 Å². The molecule has 1 amide bonds. The van der Waals surface area contributed by atoms with Gasteiger partial charge in [0.1, 0.15) is 24.0 Å². The van der Waals surface area contributed by atoms with E-state index in [-0.39, 0.29) is 23.6 Å². The normalized spacial score (nSPS) is 10.2. The first-order valence-corrected chi connectivity index (χ1v) is 7.06. The second-order valence-corrected chi connectivity index (χ2v) is 5.21. The first kappa shape index (κ1) is 17.1. The zero-order chi connectivity index (χ0) is 17.9. The molecule has 124 valence electrons. The zero-order valence-electron chi connectivity index (χ0n) is 13.2. The molecule has 0 saturated heterocycles. The van der Waals surface area contributed by atoms with Crippen molar-refractivity contribution < 1.29 is 9.18 Å². The maximum Gasteiger partial charge on any atom is 0.331 e. The quantitative estimate of drug-likeness (QED) is 0.865. The lowest BCUT2D eigenvalue weighted by Crippen LogP contribution is -2.45. The second-order valence-electron chi connectivity index (χ2n) is 5.21. The van der Waals surface area contributed by atoms with Crippen LogP contribution in [0, 0.1) is 24.1 Å². The first-order valence-electron chi connectivity index (χ1n) is 7.06. The van der Waals surface area contributed by atoms with E-state index in [0.29, 0.717) is 10.1 Å². The van der Waals surface area contributed by atoms with E-state index in [1.165, 1.54) is 38.2 Å². The van der Waals surface area contributed by atoms with Gasteiger partial charge in [-0.05, 0) is 24.6 Å². The number of nitrogens with zero attached hydrogens (tertiary/aromatic N) is 3. The maximum atomic E-state index is 12.8. The van der Waals surface area contributed by atoms with Crippen molar-refractivity contribution in [3.63, 3.8) is 0 Å². The van der Waals surface area contributed by atoms with Crippen LogP contribution in [0.4, 0.5) is 4.39 Å². The zero-order valence-corrected chi connectivity index (χ0v) is 13.2. The molecule has 1 heterocycles. The van der Waals surface area contributed by atoms with Crippen LogP contribution >= 0.6 is 0 Å². The van der Waals surface area contributed by atoms with E-state index in [2.05, 4.69) is 5.32 Å². The van der Waals surface area contributed by atoms with Crippen molar-refractivity contribution in [2.45, 2.75) is 20.0 Å². The molecule has 0 unspecified atom stereocenters. The van der Waals surface area contributed by atoms with Crippen molar-refractivity contribution in [1.82, 2.24) is 14.5 Å². The van der Waals surface area contributed by atoms with Gasteiger partial charge in [0.05, 0.1) is 0 Å². The Hall–Kier alpha value is -3.21. The Labute approximate surface area is 136 Å². The summed E-state index contributed by atoms with van der Waals surface area (Å²) in [7, 11) is 1.42. The third-order valence-electron chi connectivity index (χ3n) is 3.66. The van der Waals surface area contributed by atoms with Gasteiger partial charge in [0.25, 0.3) is 5.56 Å². The molecular formula is C16H15FN4O3. The van der Waals surface area contributed by atoms with Gasteiger partial charge >= 0.3 is 5.69 Å². The highest BCUT2D eigenvalue weighted by molar-refractivity contribution is 5.75. The number of aromatic nitrogens is 2. The molecule has 0 radical (unpaired) electrons. The van der Waals surface area contributed by atoms with Crippen LogP contribution in [0.5, 0.6) is 0 Å². The summed E-state index contributed by atoms with van der Waals surface area (Å²) in [4.78, 5) is 36.2. The predicted molar refractivity (Wildman–Crippen MR) is 83.6 cm³/mol. The minimum absolute atomic E-state index is 0.130. The van der Waals surface area contributed by atoms with E-state index >= 15 is 0 Å². The molecule has 8 heteroatoms. The Morgan fingerprint density at radius 3 is 2.50 bits per heavy atom. The molecule has 0 aliphatic heterocycles. The maximum absolute atomic E-state index is 12.8. The van der Waals surface area contributed by atoms with Crippen LogP contribution in [0.1, 0.15) is 16.8 Å². The summed E-state index contributed by atoms with van der Waals surface area (Å²) in [5, 5.41) is 11.6. The topological polar surface area (TPSA) is 96.9 Å². The number of halogens is 1. The number of benzene rings is 1. The van der Waals surface area contributed by atoms with E-state index in [1.807, 2.05) is 0 Å². The number of carbonyl (C=O) groups is 1. The third-order valence-corrected chi connectivity index (χ3v) is 3.66. The van der Waals surface area contributed by atoms with Gasteiger partial charge in [-0.25, -0.2) is 13.8 Å². The summed E-state index contributed by atoms with van der Waals surface area (Å²) in [6, 6.07) is 7.31. The summed E-state index contributed by atoms with van der Waals surface area (Å²) in [6.45, 7) is 1.12. The molecular weight excluding hydrogens is 315 g/mol. The number of hydrogen-bond donors (Lipinski definition) is 1. The molecule has 0 fully saturated rings. The SMILES string of the molecule is Cc1c(C#N)c(=O)n(CC(=O)NCc2ccc(F)cc2)c(=O)n1C. The molecule has 1 aromatic heterocycles. The average molecular weight is 330 g/mol. The van der Waals surface area contributed by atoms with Crippen molar-refractivity contribution >= 4 is 5.91 Å². The molecule has 0 saturated carbocycles. The minimum Gasteiger partial charge on any atom is -0.350 e. The highest BCUT2D eigenvalue weighted by atomic mass is 19.1. The van der Waals surface area contributed by atoms with Crippen LogP contribution in [-0.2, 0) is 24.9 Å². The minimum atomic E-state index is -0.796. The lowest BCUT2D eigenvalue weighted by atomic mass is 10.2. The highest BCUT2D eigenvalue weighted by Gasteiger charge is 2.16. The molecule has 1 aromatic carbocycles. The monoisotopic (exact) mass is 330 g/mol. The fraction of sp³-hybridized carbons (Fsp3) is 0.250. The number of amides is 1. The summed E-state index contributed by atoms with van der Waals surface area (Å²) >= 11 is 0. The van der Waals surface area contributed by atoms with Crippen LogP contribution in [0.15, 0.2) is 33.9 Å². The van der Waals surface area contributed by atoms with Gasteiger partial charge in [-0.2, -0.15) is 5.26 Å². The summed E-state index contributed by atoms with van der Waals surface area (Å²) in [5.41, 5.74) is -0.728. The van der Waals surface area contributed by atoms with Crippen LogP contribution in [0.3, 0.4) is 0 Å². The van der Waals surface area contributed by atoms with Crippen molar-refractivity contribution in [2.75, 3.05) is 0 Å². The molecule has 0 atom stereocenters. The van der Waals surface area contributed by atoms with Crippen LogP contribution in [-0.4, -0.2) is 15.0 Å². The Morgan fingerprint density at radius 2 is 1.92 bits per heavy atom. The summed E-state index contributed by atoms with van der Waals surface area (Å²) in [5.74, 6) is -0.949. The Bertz CT molecular complexity index is 936. The largest absolute Gasteiger partial charge is 0.350 e. The fourth-order valence-corrected chi connectivity index (χ4v) is 2.14. The molecule has 1 N–H and O–H groups in total. The molecule has 0 aliphatic rings. The fourth-order valence-electron chi connectivity index (χ4n) is 2.14. The number of nitriles is 1. The van der Waals surface area contributed by atoms with Gasteiger partial charge in [-0.15, -0.1) is 0 Å². The Morgan fingerprint density at radius 1 is 1.29 bits per heavy atom. The van der Waals surface area contributed by atoms with Crippen molar-refractivity contribution in [2.24, 2.45) is 7.05 Å². The van der Waals surface area contributed by atoms with E-state index in [1.54, 1.807) is 6.07 Å². The molecule has 7 nitrogen and oxygen atoms in total.